The molecule has 1 aliphatic heterocycles. The molecule has 1 atom stereocenters. The summed E-state index contributed by atoms with van der Waals surface area (Å²) in [6, 6.07) is 17.0. The molecule has 1 saturated heterocycles. The first-order chi connectivity index (χ1) is 14.7. The maximum atomic E-state index is 6.15. The van der Waals surface area contributed by atoms with E-state index in [9.17, 15) is 0 Å². The lowest BCUT2D eigenvalue weighted by atomic mass is 9.89. The number of nitrogens with one attached hydrogen (secondary N) is 1. The fourth-order valence-electron chi connectivity index (χ4n) is 4.48. The fourth-order valence-corrected chi connectivity index (χ4v) is 4.48. The summed E-state index contributed by atoms with van der Waals surface area (Å²) in [5.74, 6) is 2.18. The van der Waals surface area contributed by atoms with Crippen LogP contribution < -0.4 is 20.7 Å². The van der Waals surface area contributed by atoms with Crippen LogP contribution in [0, 0.1) is 0 Å². The van der Waals surface area contributed by atoms with Crippen LogP contribution in [0.15, 0.2) is 48.5 Å². The third-order valence-electron chi connectivity index (χ3n) is 6.13. The number of likely N-dealkylation sites (N-methyl/N-ethyl adjacent to an activating group) is 1. The molecule has 1 fully saturated rings. The highest BCUT2D eigenvalue weighted by Gasteiger charge is 2.29. The summed E-state index contributed by atoms with van der Waals surface area (Å²) in [6.07, 6.45) is 3.02. The van der Waals surface area contributed by atoms with Crippen LogP contribution in [-0.4, -0.2) is 36.1 Å². The Morgan fingerprint density at radius 2 is 2.00 bits per heavy atom. The van der Waals surface area contributed by atoms with Crippen molar-refractivity contribution in [3.05, 3.63) is 65.2 Å². The van der Waals surface area contributed by atoms with Gasteiger partial charge in [0.2, 0.25) is 5.95 Å². The van der Waals surface area contributed by atoms with Gasteiger partial charge < -0.3 is 20.7 Å². The van der Waals surface area contributed by atoms with Gasteiger partial charge in [-0.3, -0.25) is 0 Å². The van der Waals surface area contributed by atoms with E-state index in [0.29, 0.717) is 18.6 Å². The summed E-state index contributed by atoms with van der Waals surface area (Å²) in [6.45, 7) is 2.48. The Labute approximate surface area is 177 Å². The molecule has 0 saturated carbocycles. The minimum atomic E-state index is 0.333. The number of hydrogen-bond donors (Lipinski definition) is 2. The molecule has 6 nitrogen and oxygen atoms in total. The summed E-state index contributed by atoms with van der Waals surface area (Å²) in [5, 5.41) is 3.38. The number of hydrogen-bond acceptors (Lipinski definition) is 6. The Morgan fingerprint density at radius 3 is 2.80 bits per heavy atom. The van der Waals surface area contributed by atoms with Crippen molar-refractivity contribution >= 4 is 11.8 Å². The van der Waals surface area contributed by atoms with Crippen LogP contribution in [0.3, 0.4) is 0 Å². The number of benzene rings is 2. The molecule has 0 amide bonds. The van der Waals surface area contributed by atoms with Gasteiger partial charge >= 0.3 is 0 Å². The number of nitrogens with two attached hydrogens (primary N) is 1. The highest BCUT2D eigenvalue weighted by atomic mass is 16.5. The van der Waals surface area contributed by atoms with Crippen molar-refractivity contribution in [1.29, 1.82) is 0 Å². The molecule has 3 aromatic rings. The Balaban J connectivity index is 1.47. The summed E-state index contributed by atoms with van der Waals surface area (Å²) < 4.78 is 6.07. The molecule has 2 heterocycles. The second-order valence-corrected chi connectivity index (χ2v) is 8.05. The average Bonchev–Trinajstić information content (AvgIpc) is 3.27. The van der Waals surface area contributed by atoms with Crippen LogP contribution in [0.2, 0.25) is 0 Å². The molecular formula is C24H27N5O. The summed E-state index contributed by atoms with van der Waals surface area (Å²) in [4.78, 5) is 11.6. The lowest BCUT2D eigenvalue weighted by molar-refractivity contribution is 0.306. The van der Waals surface area contributed by atoms with Crippen molar-refractivity contribution in [2.75, 3.05) is 30.8 Å². The van der Waals surface area contributed by atoms with Crippen molar-refractivity contribution in [1.82, 2.24) is 15.3 Å². The number of nitrogens with zero attached hydrogens (tertiary/aromatic N) is 3. The smallest absolute Gasteiger partial charge is 0.222 e. The molecule has 1 unspecified atom stereocenters. The van der Waals surface area contributed by atoms with Crippen molar-refractivity contribution in [2.24, 2.45) is 0 Å². The zero-order valence-corrected chi connectivity index (χ0v) is 17.3. The van der Waals surface area contributed by atoms with E-state index >= 15 is 0 Å². The standard InChI is InChI=1S/C24H27N5O/c1-26-18-11-12-29(14-18)23-20-10-8-17-7-9-19(30-15-16-5-3-2-4-6-16)13-21(17)22(20)27-24(25)28-23/h2-7,9,13,18,26H,8,10-12,14-15H2,1H3,(H2,25,27,28). The predicted molar refractivity (Wildman–Crippen MR) is 120 cm³/mol. The largest absolute Gasteiger partial charge is 0.489 e. The highest BCUT2D eigenvalue weighted by Crippen LogP contribution is 2.39. The van der Waals surface area contributed by atoms with Crippen molar-refractivity contribution in [3.63, 3.8) is 0 Å². The normalized spacial score (nSPS) is 17.5. The quantitative estimate of drug-likeness (QED) is 0.684. The monoisotopic (exact) mass is 401 g/mol. The van der Waals surface area contributed by atoms with E-state index < -0.39 is 0 Å². The number of aromatic nitrogens is 2. The minimum Gasteiger partial charge on any atom is -0.489 e. The van der Waals surface area contributed by atoms with Crippen LogP contribution in [-0.2, 0) is 19.4 Å². The van der Waals surface area contributed by atoms with Crippen LogP contribution in [0.1, 0.15) is 23.1 Å². The van der Waals surface area contributed by atoms with E-state index in [-0.39, 0.29) is 0 Å². The number of rotatable bonds is 5. The lowest BCUT2D eigenvalue weighted by Crippen LogP contribution is -2.31. The Bertz CT molecular complexity index is 1050. The molecule has 2 aliphatic rings. The zero-order valence-electron chi connectivity index (χ0n) is 17.3. The molecule has 0 bridgehead atoms. The third kappa shape index (κ3) is 3.59. The first kappa shape index (κ1) is 18.9. The van der Waals surface area contributed by atoms with Gasteiger partial charge in [-0.1, -0.05) is 36.4 Å². The predicted octanol–water partition coefficient (Wildman–Crippen LogP) is 3.20. The van der Waals surface area contributed by atoms with E-state index in [1.165, 1.54) is 11.1 Å². The maximum absolute atomic E-state index is 6.15. The Kier molecular flexibility index (Phi) is 5.01. The molecule has 5 rings (SSSR count). The SMILES string of the molecule is CNC1CCN(c2nc(N)nc3c2CCc2ccc(OCc4ccccc4)cc2-3)C1. The average molecular weight is 402 g/mol. The second kappa shape index (κ2) is 7.95. The first-order valence-electron chi connectivity index (χ1n) is 10.6. The highest BCUT2D eigenvalue weighted by molar-refractivity contribution is 5.76. The first-order valence-corrected chi connectivity index (χ1v) is 10.6. The molecule has 0 spiro atoms. The van der Waals surface area contributed by atoms with Gasteiger partial charge in [-0.15, -0.1) is 0 Å². The lowest BCUT2D eigenvalue weighted by Gasteiger charge is -2.26. The fraction of sp³-hybridized carbons (Fsp3) is 0.333. The molecule has 1 aromatic heterocycles. The number of aryl methyl sites for hydroxylation is 1. The van der Waals surface area contributed by atoms with Crippen LogP contribution in [0.4, 0.5) is 11.8 Å². The number of fused-ring (bicyclic) bond motifs is 3. The minimum absolute atomic E-state index is 0.333. The molecule has 2 aromatic carbocycles. The summed E-state index contributed by atoms with van der Waals surface area (Å²) in [7, 11) is 2.02. The van der Waals surface area contributed by atoms with Gasteiger partial charge in [0.15, 0.2) is 0 Å². The molecule has 3 N–H and O–H groups in total. The van der Waals surface area contributed by atoms with Crippen LogP contribution >= 0.6 is 0 Å². The van der Waals surface area contributed by atoms with Gasteiger partial charge in [0.25, 0.3) is 0 Å². The van der Waals surface area contributed by atoms with Gasteiger partial charge in [-0.2, -0.15) is 4.98 Å². The van der Waals surface area contributed by atoms with Crippen molar-refractivity contribution < 1.29 is 4.74 Å². The van der Waals surface area contributed by atoms with Gasteiger partial charge in [-0.25, -0.2) is 4.98 Å². The summed E-state index contributed by atoms with van der Waals surface area (Å²) in [5.41, 5.74) is 11.9. The van der Waals surface area contributed by atoms with Gasteiger partial charge in [0.1, 0.15) is 18.2 Å². The molecular weight excluding hydrogens is 374 g/mol. The van der Waals surface area contributed by atoms with Crippen molar-refractivity contribution in [2.45, 2.75) is 31.9 Å². The zero-order chi connectivity index (χ0) is 20.5. The Morgan fingerprint density at radius 1 is 1.13 bits per heavy atom. The Hall–Kier alpha value is -3.12. The molecule has 6 heteroatoms. The van der Waals surface area contributed by atoms with E-state index in [0.717, 1.165) is 60.7 Å². The molecule has 1 aliphatic carbocycles. The van der Waals surface area contributed by atoms with Crippen LogP contribution in [0.25, 0.3) is 11.3 Å². The van der Waals surface area contributed by atoms with Crippen LogP contribution in [0.5, 0.6) is 5.75 Å². The topological polar surface area (TPSA) is 76.3 Å². The number of ether oxygens (including phenoxy) is 1. The van der Waals surface area contributed by atoms with E-state index in [1.807, 2.05) is 25.2 Å². The van der Waals surface area contributed by atoms with Gasteiger partial charge in [-0.05, 0) is 49.6 Å². The molecule has 0 radical (unpaired) electrons. The van der Waals surface area contributed by atoms with E-state index in [4.69, 9.17) is 10.5 Å². The van der Waals surface area contributed by atoms with Gasteiger partial charge in [0, 0.05) is 30.3 Å². The number of anilines is 2. The maximum Gasteiger partial charge on any atom is 0.222 e. The second-order valence-electron chi connectivity index (χ2n) is 8.05. The van der Waals surface area contributed by atoms with Crippen molar-refractivity contribution in [3.8, 4) is 17.0 Å². The summed E-state index contributed by atoms with van der Waals surface area (Å²) >= 11 is 0. The van der Waals surface area contributed by atoms with E-state index in [1.54, 1.807) is 0 Å². The molecule has 30 heavy (non-hydrogen) atoms. The van der Waals surface area contributed by atoms with E-state index in [2.05, 4.69) is 50.5 Å². The van der Waals surface area contributed by atoms with Gasteiger partial charge in [0.05, 0.1) is 5.69 Å². The molecule has 154 valence electrons. The number of nitrogen functional groups attached to an aromatic ring is 1. The third-order valence-corrected chi connectivity index (χ3v) is 6.13.